The van der Waals surface area contributed by atoms with Gasteiger partial charge in [-0.1, -0.05) is 27.2 Å². The lowest BCUT2D eigenvalue weighted by atomic mass is 9.82. The van der Waals surface area contributed by atoms with Crippen LogP contribution >= 0.6 is 0 Å². The fourth-order valence-electron chi connectivity index (χ4n) is 3.73. The van der Waals surface area contributed by atoms with Gasteiger partial charge in [-0.05, 0) is 19.3 Å². The van der Waals surface area contributed by atoms with Crippen molar-refractivity contribution in [3.8, 4) is 0 Å². The Hall–Kier alpha value is -1.36. The summed E-state index contributed by atoms with van der Waals surface area (Å²) in [6.45, 7) is 7.76. The first kappa shape index (κ1) is 14.6. The third kappa shape index (κ3) is 2.59. The van der Waals surface area contributed by atoms with Crippen LogP contribution in [0.25, 0.3) is 0 Å². The zero-order valence-corrected chi connectivity index (χ0v) is 13.2. The Morgan fingerprint density at radius 1 is 1.52 bits per heavy atom. The van der Waals surface area contributed by atoms with Gasteiger partial charge in [0.2, 0.25) is 0 Å². The molecule has 0 bridgehead atoms. The number of carbonyl (C=O) groups is 1. The second-order valence-electron chi connectivity index (χ2n) is 7.42. The maximum atomic E-state index is 12.5. The Kier molecular flexibility index (Phi) is 3.56. The van der Waals surface area contributed by atoms with Gasteiger partial charge in [-0.3, -0.25) is 4.79 Å². The molecule has 1 aromatic rings. The predicted octanol–water partition coefficient (Wildman–Crippen LogP) is 2.40. The van der Waals surface area contributed by atoms with Crippen LogP contribution in [0.5, 0.6) is 0 Å². The van der Waals surface area contributed by atoms with Crippen LogP contribution in [0, 0.1) is 5.41 Å². The summed E-state index contributed by atoms with van der Waals surface area (Å²) in [6.07, 6.45) is 6.49. The number of amides is 1. The fourth-order valence-corrected chi connectivity index (χ4v) is 3.73. The van der Waals surface area contributed by atoms with Crippen molar-refractivity contribution >= 4 is 5.91 Å². The average Bonchev–Trinajstić information content (AvgIpc) is 3.09. The largest absolute Gasteiger partial charge is 0.378 e. The minimum Gasteiger partial charge on any atom is -0.378 e. The minimum atomic E-state index is -0.117. The van der Waals surface area contributed by atoms with E-state index in [1.54, 1.807) is 6.33 Å². The van der Waals surface area contributed by atoms with Crippen molar-refractivity contribution in [3.05, 3.63) is 17.7 Å². The number of hydrogen-bond donors (Lipinski definition) is 2. The van der Waals surface area contributed by atoms with Crippen molar-refractivity contribution < 1.29 is 9.53 Å². The molecule has 116 valence electrons. The Bertz CT molecular complexity index is 520. The lowest BCUT2D eigenvalue weighted by Crippen LogP contribution is -2.40. The van der Waals surface area contributed by atoms with E-state index in [2.05, 4.69) is 36.1 Å². The Morgan fingerprint density at radius 2 is 2.33 bits per heavy atom. The molecule has 21 heavy (non-hydrogen) atoms. The highest BCUT2D eigenvalue weighted by atomic mass is 16.5. The van der Waals surface area contributed by atoms with Gasteiger partial charge in [-0.25, -0.2) is 4.98 Å². The van der Waals surface area contributed by atoms with Gasteiger partial charge in [0.15, 0.2) is 0 Å². The van der Waals surface area contributed by atoms with Gasteiger partial charge in [-0.15, -0.1) is 0 Å². The first-order chi connectivity index (χ1) is 9.92. The van der Waals surface area contributed by atoms with E-state index in [0.29, 0.717) is 18.3 Å². The molecule has 0 aromatic carbocycles. The van der Waals surface area contributed by atoms with E-state index in [1.165, 1.54) is 6.42 Å². The van der Waals surface area contributed by atoms with E-state index in [4.69, 9.17) is 4.74 Å². The van der Waals surface area contributed by atoms with Crippen LogP contribution in [-0.4, -0.2) is 35.1 Å². The van der Waals surface area contributed by atoms with E-state index in [-0.39, 0.29) is 16.7 Å². The van der Waals surface area contributed by atoms with Gasteiger partial charge in [0.1, 0.15) is 5.69 Å². The van der Waals surface area contributed by atoms with E-state index in [9.17, 15) is 4.79 Å². The summed E-state index contributed by atoms with van der Waals surface area (Å²) < 4.78 is 5.81. The number of carbonyl (C=O) groups excluding carboxylic acids is 1. The molecule has 2 atom stereocenters. The second kappa shape index (κ2) is 5.13. The summed E-state index contributed by atoms with van der Waals surface area (Å²) in [5.41, 5.74) is 1.46. The van der Waals surface area contributed by atoms with E-state index >= 15 is 0 Å². The molecule has 2 N–H and O–H groups in total. The number of rotatable bonds is 3. The topological polar surface area (TPSA) is 67.0 Å². The summed E-state index contributed by atoms with van der Waals surface area (Å²) in [6, 6.07) is 0. The number of aromatic amines is 1. The zero-order chi connectivity index (χ0) is 15.1. The van der Waals surface area contributed by atoms with Gasteiger partial charge in [0.05, 0.1) is 18.1 Å². The first-order valence-corrected chi connectivity index (χ1v) is 7.86. The molecule has 2 fully saturated rings. The molecule has 0 spiro atoms. The van der Waals surface area contributed by atoms with Crippen LogP contribution in [0.4, 0.5) is 0 Å². The van der Waals surface area contributed by atoms with E-state index in [0.717, 1.165) is 31.6 Å². The highest BCUT2D eigenvalue weighted by Crippen LogP contribution is 2.46. The van der Waals surface area contributed by atoms with Crippen molar-refractivity contribution in [1.29, 1.82) is 0 Å². The van der Waals surface area contributed by atoms with Gasteiger partial charge >= 0.3 is 0 Å². The quantitative estimate of drug-likeness (QED) is 0.898. The number of fused-ring (bicyclic) bond motifs is 1. The highest BCUT2D eigenvalue weighted by molar-refractivity contribution is 5.93. The van der Waals surface area contributed by atoms with Crippen molar-refractivity contribution in [3.63, 3.8) is 0 Å². The number of aromatic nitrogens is 2. The van der Waals surface area contributed by atoms with Crippen molar-refractivity contribution in [2.45, 2.75) is 58.0 Å². The standard InChI is InChI=1S/C16H25N3O2/c1-15(2,3)13-12(18-10-19-13)14(20)17-9-16-6-4-5-11(16)21-8-7-16/h10-11H,4-9H2,1-3H3,(H,17,20)(H,18,19)/t11-,16-/m1/s1. The molecule has 3 rings (SSSR count). The Balaban J connectivity index is 1.69. The zero-order valence-electron chi connectivity index (χ0n) is 13.2. The minimum absolute atomic E-state index is 0.0758. The average molecular weight is 291 g/mol. The molecule has 1 saturated carbocycles. The Morgan fingerprint density at radius 3 is 3.10 bits per heavy atom. The summed E-state index contributed by atoms with van der Waals surface area (Å²) >= 11 is 0. The summed E-state index contributed by atoms with van der Waals surface area (Å²) in [4.78, 5) is 19.8. The number of H-pyrrole nitrogens is 1. The smallest absolute Gasteiger partial charge is 0.271 e. The molecule has 1 aliphatic heterocycles. The van der Waals surface area contributed by atoms with Crippen molar-refractivity contribution in [2.24, 2.45) is 5.41 Å². The van der Waals surface area contributed by atoms with Crippen LogP contribution in [0.15, 0.2) is 6.33 Å². The molecule has 5 heteroatoms. The van der Waals surface area contributed by atoms with Crippen molar-refractivity contribution in [1.82, 2.24) is 15.3 Å². The number of nitrogens with zero attached hydrogens (tertiary/aromatic N) is 1. The number of imidazole rings is 1. The molecular formula is C16H25N3O2. The maximum Gasteiger partial charge on any atom is 0.271 e. The van der Waals surface area contributed by atoms with E-state index in [1.807, 2.05) is 0 Å². The molecule has 0 unspecified atom stereocenters. The molecule has 5 nitrogen and oxygen atoms in total. The second-order valence-corrected chi connectivity index (χ2v) is 7.42. The SMILES string of the molecule is CC(C)(C)c1[nH]cnc1C(=O)NC[C@]12CCC[C@H]1OCC2. The van der Waals surface area contributed by atoms with Crippen molar-refractivity contribution in [2.75, 3.05) is 13.2 Å². The van der Waals surface area contributed by atoms with Gasteiger partial charge in [0.25, 0.3) is 5.91 Å². The third-order valence-corrected chi connectivity index (χ3v) is 4.95. The van der Waals surface area contributed by atoms with Crippen LogP contribution < -0.4 is 5.32 Å². The molecule has 1 aromatic heterocycles. The summed E-state index contributed by atoms with van der Waals surface area (Å²) in [5.74, 6) is -0.0758. The Labute approximate surface area is 125 Å². The monoisotopic (exact) mass is 291 g/mol. The van der Waals surface area contributed by atoms with Crippen LogP contribution in [0.3, 0.4) is 0 Å². The maximum absolute atomic E-state index is 12.5. The fraction of sp³-hybridized carbons (Fsp3) is 0.750. The molecule has 2 heterocycles. The number of hydrogen-bond acceptors (Lipinski definition) is 3. The van der Waals surface area contributed by atoms with Crippen LogP contribution in [-0.2, 0) is 10.2 Å². The molecule has 1 saturated heterocycles. The predicted molar refractivity (Wildman–Crippen MR) is 80.3 cm³/mol. The lowest BCUT2D eigenvalue weighted by molar-refractivity contribution is 0.0668. The normalized spacial score (nSPS) is 28.6. The van der Waals surface area contributed by atoms with Crippen LogP contribution in [0.1, 0.15) is 62.6 Å². The van der Waals surface area contributed by atoms with Gasteiger partial charge < -0.3 is 15.0 Å². The van der Waals surface area contributed by atoms with Gasteiger partial charge in [0, 0.05) is 24.0 Å². The number of nitrogens with one attached hydrogen (secondary N) is 2. The molecular weight excluding hydrogens is 266 g/mol. The van der Waals surface area contributed by atoms with Crippen LogP contribution in [0.2, 0.25) is 0 Å². The van der Waals surface area contributed by atoms with Gasteiger partial charge in [-0.2, -0.15) is 0 Å². The number of ether oxygens (including phenoxy) is 1. The molecule has 1 aliphatic carbocycles. The molecule has 0 radical (unpaired) electrons. The third-order valence-electron chi connectivity index (χ3n) is 4.95. The van der Waals surface area contributed by atoms with E-state index < -0.39 is 0 Å². The summed E-state index contributed by atoms with van der Waals surface area (Å²) in [7, 11) is 0. The molecule has 2 aliphatic rings. The lowest BCUT2D eigenvalue weighted by Gasteiger charge is -2.28. The highest BCUT2D eigenvalue weighted by Gasteiger charge is 2.47. The molecule has 1 amide bonds. The summed E-state index contributed by atoms with van der Waals surface area (Å²) in [5, 5.41) is 3.10. The first-order valence-electron chi connectivity index (χ1n) is 7.86.